The Kier molecular flexibility index (Phi) is 4.38. The highest BCUT2D eigenvalue weighted by Crippen LogP contribution is 2.49. The Morgan fingerprint density at radius 3 is 2.45 bits per heavy atom. The van der Waals surface area contributed by atoms with Crippen molar-refractivity contribution in [1.82, 2.24) is 29.4 Å². The number of aromatic nitrogens is 6. The van der Waals surface area contributed by atoms with Gasteiger partial charge in [0.15, 0.2) is 5.65 Å². The van der Waals surface area contributed by atoms with Gasteiger partial charge < -0.3 is 9.47 Å². The molecule has 6 rings (SSSR count). The molecule has 4 heterocycles. The lowest BCUT2D eigenvalue weighted by molar-refractivity contribution is 0.402. The van der Waals surface area contributed by atoms with E-state index in [-0.39, 0.29) is 5.92 Å². The standard InChI is InChI=1S/C24H19ClN6O2/c1-13-19-20(15-4-10-18(32-3)11-5-15)21-22-27-14(2)29-30(22)12-26-23(21)33-24(19)31(28-13)17-8-6-16(25)7-9-17/h4-12,20H,1-3H3/t20-/m1/s1. The number of ether oxygens (including phenoxy) is 2. The van der Waals surface area contributed by atoms with Gasteiger partial charge in [-0.25, -0.2) is 19.2 Å². The first-order valence-corrected chi connectivity index (χ1v) is 10.8. The van der Waals surface area contributed by atoms with Gasteiger partial charge in [0.1, 0.15) is 17.9 Å². The SMILES string of the molecule is COc1ccc([C@@H]2c3c(C)nn(-c4ccc(Cl)cc4)c3Oc3ncn4nc(C)nc4c32)cc1. The number of methoxy groups -OCH3 is 1. The van der Waals surface area contributed by atoms with E-state index in [1.807, 2.05) is 62.4 Å². The van der Waals surface area contributed by atoms with E-state index >= 15 is 0 Å². The molecule has 0 saturated heterocycles. The predicted molar refractivity (Wildman–Crippen MR) is 123 cm³/mol. The Bertz CT molecular complexity index is 1510. The highest BCUT2D eigenvalue weighted by atomic mass is 35.5. The van der Waals surface area contributed by atoms with E-state index in [0.29, 0.717) is 28.3 Å². The number of benzene rings is 2. The normalized spacial score (nSPS) is 14.6. The highest BCUT2D eigenvalue weighted by Gasteiger charge is 2.38. The van der Waals surface area contributed by atoms with Gasteiger partial charge in [0.2, 0.25) is 11.8 Å². The van der Waals surface area contributed by atoms with Gasteiger partial charge in [0.05, 0.1) is 35.5 Å². The summed E-state index contributed by atoms with van der Waals surface area (Å²) in [4.78, 5) is 9.26. The number of rotatable bonds is 3. The fourth-order valence-corrected chi connectivity index (χ4v) is 4.50. The summed E-state index contributed by atoms with van der Waals surface area (Å²) in [6.45, 7) is 3.85. The lowest BCUT2D eigenvalue weighted by atomic mass is 9.84. The highest BCUT2D eigenvalue weighted by molar-refractivity contribution is 6.30. The maximum atomic E-state index is 6.38. The minimum absolute atomic E-state index is 0.199. The smallest absolute Gasteiger partial charge is 0.230 e. The average molecular weight is 459 g/mol. The molecule has 1 aliphatic rings. The monoisotopic (exact) mass is 458 g/mol. The molecule has 0 bridgehead atoms. The summed E-state index contributed by atoms with van der Waals surface area (Å²) in [6.07, 6.45) is 1.63. The van der Waals surface area contributed by atoms with Crippen LogP contribution in [0.25, 0.3) is 11.3 Å². The van der Waals surface area contributed by atoms with Crippen molar-refractivity contribution < 1.29 is 9.47 Å². The Morgan fingerprint density at radius 2 is 1.73 bits per heavy atom. The van der Waals surface area contributed by atoms with E-state index in [2.05, 4.69) is 15.1 Å². The van der Waals surface area contributed by atoms with E-state index < -0.39 is 0 Å². The fraction of sp³-hybridized carbons (Fsp3) is 0.167. The number of nitrogens with zero attached hydrogens (tertiary/aromatic N) is 6. The molecule has 0 N–H and O–H groups in total. The third kappa shape index (κ3) is 3.06. The molecule has 1 atom stereocenters. The molecule has 0 unspecified atom stereocenters. The van der Waals surface area contributed by atoms with Gasteiger partial charge in [-0.05, 0) is 55.8 Å². The van der Waals surface area contributed by atoms with Crippen LogP contribution in [0.2, 0.25) is 5.02 Å². The van der Waals surface area contributed by atoms with E-state index in [1.54, 1.807) is 22.6 Å². The molecular formula is C24H19ClN6O2. The molecule has 0 fully saturated rings. The topological polar surface area (TPSA) is 79.4 Å². The van der Waals surface area contributed by atoms with Gasteiger partial charge in [-0.1, -0.05) is 23.7 Å². The van der Waals surface area contributed by atoms with Crippen molar-refractivity contribution in [3.05, 3.63) is 88.1 Å². The van der Waals surface area contributed by atoms with E-state index in [0.717, 1.165) is 33.8 Å². The molecule has 2 aromatic carbocycles. The van der Waals surface area contributed by atoms with Crippen LogP contribution in [0.15, 0.2) is 54.9 Å². The van der Waals surface area contributed by atoms with Gasteiger partial charge in [0, 0.05) is 5.02 Å². The van der Waals surface area contributed by atoms with Crippen LogP contribution < -0.4 is 9.47 Å². The zero-order valence-corrected chi connectivity index (χ0v) is 18.9. The fourth-order valence-electron chi connectivity index (χ4n) is 4.37. The van der Waals surface area contributed by atoms with Crippen LogP contribution in [-0.4, -0.2) is 36.5 Å². The number of hydrogen-bond donors (Lipinski definition) is 0. The third-order valence-corrected chi connectivity index (χ3v) is 6.10. The number of halogens is 1. The van der Waals surface area contributed by atoms with Gasteiger partial charge in [-0.3, -0.25) is 0 Å². The first-order valence-electron chi connectivity index (χ1n) is 10.4. The van der Waals surface area contributed by atoms with Gasteiger partial charge in [0.25, 0.3) is 0 Å². The molecule has 5 aromatic rings. The Labute approximate surface area is 194 Å². The number of aryl methyl sites for hydroxylation is 2. The summed E-state index contributed by atoms with van der Waals surface area (Å²) in [5.74, 6) is 2.36. The predicted octanol–water partition coefficient (Wildman–Crippen LogP) is 4.87. The summed E-state index contributed by atoms with van der Waals surface area (Å²) in [5.41, 5.74) is 5.27. The second-order valence-electron chi connectivity index (χ2n) is 7.89. The zero-order valence-electron chi connectivity index (χ0n) is 18.2. The second-order valence-corrected chi connectivity index (χ2v) is 8.33. The van der Waals surface area contributed by atoms with Crippen LogP contribution in [0.3, 0.4) is 0 Å². The van der Waals surface area contributed by atoms with Crippen molar-refractivity contribution in [2.24, 2.45) is 0 Å². The second kappa shape index (κ2) is 7.31. The Morgan fingerprint density at radius 1 is 0.970 bits per heavy atom. The lowest BCUT2D eigenvalue weighted by Gasteiger charge is -2.26. The molecule has 0 amide bonds. The molecule has 0 spiro atoms. The molecule has 3 aromatic heterocycles. The molecule has 1 aliphatic heterocycles. The van der Waals surface area contributed by atoms with Crippen molar-refractivity contribution in [1.29, 1.82) is 0 Å². The van der Waals surface area contributed by atoms with Crippen LogP contribution in [-0.2, 0) is 0 Å². The summed E-state index contributed by atoms with van der Waals surface area (Å²) < 4.78 is 15.2. The van der Waals surface area contributed by atoms with Gasteiger partial charge >= 0.3 is 0 Å². The average Bonchev–Trinajstić information content (AvgIpc) is 3.37. The Hall–Kier alpha value is -3.91. The summed E-state index contributed by atoms with van der Waals surface area (Å²) in [7, 11) is 1.66. The largest absolute Gasteiger partial charge is 0.497 e. The molecule has 0 aliphatic carbocycles. The van der Waals surface area contributed by atoms with Crippen LogP contribution in [0.5, 0.6) is 17.5 Å². The van der Waals surface area contributed by atoms with Gasteiger partial charge in [-0.15, -0.1) is 0 Å². The third-order valence-electron chi connectivity index (χ3n) is 5.85. The minimum Gasteiger partial charge on any atom is -0.497 e. The molecule has 8 nitrogen and oxygen atoms in total. The van der Waals surface area contributed by atoms with Crippen molar-refractivity contribution in [2.45, 2.75) is 19.8 Å². The van der Waals surface area contributed by atoms with E-state index in [1.165, 1.54) is 0 Å². The Balaban J connectivity index is 1.63. The van der Waals surface area contributed by atoms with Crippen LogP contribution in [0, 0.1) is 13.8 Å². The van der Waals surface area contributed by atoms with Crippen molar-refractivity contribution in [3.63, 3.8) is 0 Å². The van der Waals surface area contributed by atoms with Crippen LogP contribution in [0.4, 0.5) is 0 Å². The molecule has 0 saturated carbocycles. The van der Waals surface area contributed by atoms with Crippen LogP contribution >= 0.6 is 11.6 Å². The summed E-state index contributed by atoms with van der Waals surface area (Å²) >= 11 is 6.10. The number of hydrogen-bond acceptors (Lipinski definition) is 6. The zero-order chi connectivity index (χ0) is 22.7. The molecule has 33 heavy (non-hydrogen) atoms. The summed E-state index contributed by atoms with van der Waals surface area (Å²) in [6, 6.07) is 15.5. The quantitative estimate of drug-likeness (QED) is 0.376. The van der Waals surface area contributed by atoms with Crippen molar-refractivity contribution >= 4 is 17.2 Å². The van der Waals surface area contributed by atoms with Crippen LogP contribution in [0.1, 0.15) is 34.1 Å². The molecule has 0 radical (unpaired) electrons. The minimum atomic E-state index is -0.199. The van der Waals surface area contributed by atoms with Gasteiger partial charge in [-0.2, -0.15) is 10.2 Å². The van der Waals surface area contributed by atoms with E-state index in [9.17, 15) is 0 Å². The van der Waals surface area contributed by atoms with E-state index in [4.69, 9.17) is 26.2 Å². The first kappa shape index (κ1) is 19.8. The molecule has 164 valence electrons. The van der Waals surface area contributed by atoms with Crippen molar-refractivity contribution in [3.8, 4) is 23.2 Å². The number of fused-ring (bicyclic) bond motifs is 4. The van der Waals surface area contributed by atoms with Crippen molar-refractivity contribution in [2.75, 3.05) is 7.11 Å². The maximum absolute atomic E-state index is 6.38. The molecular weight excluding hydrogens is 440 g/mol. The maximum Gasteiger partial charge on any atom is 0.230 e. The lowest BCUT2D eigenvalue weighted by Crippen LogP contribution is -2.16. The first-order chi connectivity index (χ1) is 16.0. The molecule has 9 heteroatoms. The summed E-state index contributed by atoms with van der Waals surface area (Å²) in [5, 5.41) is 9.93.